The highest BCUT2D eigenvalue weighted by molar-refractivity contribution is 5.82. The first-order valence-corrected chi connectivity index (χ1v) is 7.45. The van der Waals surface area contributed by atoms with Gasteiger partial charge in [-0.3, -0.25) is 9.48 Å². The van der Waals surface area contributed by atoms with Crippen molar-refractivity contribution in [2.24, 2.45) is 13.0 Å². The topological polar surface area (TPSA) is 46.9 Å². The largest absolute Gasteiger partial charge is 0.356 e. The van der Waals surface area contributed by atoms with Gasteiger partial charge in [-0.05, 0) is 36.8 Å². The molecule has 1 saturated carbocycles. The first-order valence-electron chi connectivity index (χ1n) is 7.45. The predicted molar refractivity (Wildman–Crippen MR) is 81.9 cm³/mol. The average Bonchev–Trinajstić information content (AvgIpc) is 3.14. The molecule has 2 aromatic rings. The number of aryl methyl sites for hydroxylation is 2. The minimum absolute atomic E-state index is 0.131. The molecule has 3 rings (SSSR count). The van der Waals surface area contributed by atoms with Crippen LogP contribution in [-0.2, 0) is 18.3 Å². The third-order valence-electron chi connectivity index (χ3n) is 4.08. The monoisotopic (exact) mass is 283 g/mol. The van der Waals surface area contributed by atoms with E-state index in [1.807, 2.05) is 19.4 Å². The van der Waals surface area contributed by atoms with Crippen LogP contribution in [0.4, 0.5) is 0 Å². The highest BCUT2D eigenvalue weighted by Crippen LogP contribution is 2.47. The van der Waals surface area contributed by atoms with Gasteiger partial charge >= 0.3 is 0 Å². The van der Waals surface area contributed by atoms with Crippen LogP contribution in [0.2, 0.25) is 0 Å². The maximum atomic E-state index is 12.1. The summed E-state index contributed by atoms with van der Waals surface area (Å²) >= 11 is 0. The van der Waals surface area contributed by atoms with Gasteiger partial charge in [0.2, 0.25) is 5.91 Å². The van der Waals surface area contributed by atoms with Crippen molar-refractivity contribution in [1.29, 1.82) is 0 Å². The molecule has 1 aromatic heterocycles. The molecule has 4 nitrogen and oxygen atoms in total. The van der Waals surface area contributed by atoms with Gasteiger partial charge in [-0.1, -0.05) is 29.8 Å². The highest BCUT2D eigenvalue weighted by atomic mass is 16.2. The summed E-state index contributed by atoms with van der Waals surface area (Å²) in [5, 5.41) is 7.22. The SMILES string of the molecule is Cc1cccc(CCNC(=O)[C@H]2C[C@@H]2c2cnn(C)c2)c1. The van der Waals surface area contributed by atoms with E-state index in [1.165, 1.54) is 16.7 Å². The van der Waals surface area contributed by atoms with Crippen LogP contribution in [-0.4, -0.2) is 22.2 Å². The van der Waals surface area contributed by atoms with Gasteiger partial charge in [0.15, 0.2) is 0 Å². The van der Waals surface area contributed by atoms with Crippen molar-refractivity contribution in [2.75, 3.05) is 6.54 Å². The van der Waals surface area contributed by atoms with E-state index in [-0.39, 0.29) is 11.8 Å². The first-order chi connectivity index (χ1) is 10.1. The average molecular weight is 283 g/mol. The Balaban J connectivity index is 1.45. The summed E-state index contributed by atoms with van der Waals surface area (Å²) in [6, 6.07) is 8.42. The van der Waals surface area contributed by atoms with E-state index in [9.17, 15) is 4.79 Å². The van der Waals surface area contributed by atoms with Gasteiger partial charge in [-0.15, -0.1) is 0 Å². The molecule has 4 heteroatoms. The number of rotatable bonds is 5. The smallest absolute Gasteiger partial charge is 0.223 e. The van der Waals surface area contributed by atoms with Crippen LogP contribution in [0.3, 0.4) is 0 Å². The lowest BCUT2D eigenvalue weighted by Gasteiger charge is -2.05. The number of nitrogens with zero attached hydrogens (tertiary/aromatic N) is 2. The van der Waals surface area contributed by atoms with Crippen LogP contribution in [0.5, 0.6) is 0 Å². The Hall–Kier alpha value is -2.10. The summed E-state index contributed by atoms with van der Waals surface area (Å²) in [5.41, 5.74) is 3.71. The number of carbonyl (C=O) groups is 1. The number of benzene rings is 1. The molecule has 1 aliphatic carbocycles. The van der Waals surface area contributed by atoms with Crippen LogP contribution in [0.1, 0.15) is 29.0 Å². The van der Waals surface area contributed by atoms with E-state index in [0.29, 0.717) is 12.5 Å². The Morgan fingerprint density at radius 2 is 2.33 bits per heavy atom. The van der Waals surface area contributed by atoms with E-state index in [2.05, 4.69) is 41.6 Å². The minimum atomic E-state index is 0.131. The van der Waals surface area contributed by atoms with Gasteiger partial charge in [-0.2, -0.15) is 5.10 Å². The molecule has 0 aliphatic heterocycles. The van der Waals surface area contributed by atoms with Gasteiger partial charge in [0, 0.05) is 25.7 Å². The van der Waals surface area contributed by atoms with Crippen molar-refractivity contribution in [3.05, 3.63) is 53.3 Å². The van der Waals surface area contributed by atoms with Crippen molar-refractivity contribution in [3.63, 3.8) is 0 Å². The molecule has 1 N–H and O–H groups in total. The second-order valence-corrected chi connectivity index (χ2v) is 5.93. The Kier molecular flexibility index (Phi) is 3.78. The van der Waals surface area contributed by atoms with Crippen molar-refractivity contribution in [1.82, 2.24) is 15.1 Å². The van der Waals surface area contributed by atoms with Gasteiger partial charge in [0.25, 0.3) is 0 Å². The second-order valence-electron chi connectivity index (χ2n) is 5.93. The number of hydrogen-bond acceptors (Lipinski definition) is 2. The summed E-state index contributed by atoms with van der Waals surface area (Å²) in [7, 11) is 1.91. The molecule has 110 valence electrons. The van der Waals surface area contributed by atoms with Crippen molar-refractivity contribution in [3.8, 4) is 0 Å². The Labute approximate surface area is 125 Å². The Morgan fingerprint density at radius 3 is 3.05 bits per heavy atom. The van der Waals surface area contributed by atoms with E-state index in [1.54, 1.807) is 4.68 Å². The standard InChI is InChI=1S/C17H21N3O/c1-12-4-3-5-13(8-12)6-7-18-17(21)16-9-15(16)14-10-19-20(2)11-14/h3-5,8,10-11,15-16H,6-7,9H2,1-2H3,(H,18,21)/t15-,16+/m1/s1. The third kappa shape index (κ3) is 3.32. The number of aromatic nitrogens is 2. The predicted octanol–water partition coefficient (Wildman–Crippen LogP) is 2.19. The molecule has 0 bridgehead atoms. The molecule has 1 heterocycles. The van der Waals surface area contributed by atoms with Gasteiger partial charge in [0.05, 0.1) is 6.20 Å². The van der Waals surface area contributed by atoms with E-state index in [0.717, 1.165) is 12.8 Å². The molecule has 1 aromatic carbocycles. The lowest BCUT2D eigenvalue weighted by molar-refractivity contribution is -0.122. The molecule has 0 saturated heterocycles. The highest BCUT2D eigenvalue weighted by Gasteiger charge is 2.44. The fraction of sp³-hybridized carbons (Fsp3) is 0.412. The molecule has 0 spiro atoms. The third-order valence-corrected chi connectivity index (χ3v) is 4.08. The molecule has 0 unspecified atom stereocenters. The number of amides is 1. The molecule has 1 amide bonds. The summed E-state index contributed by atoms with van der Waals surface area (Å²) in [5.74, 6) is 0.667. The summed E-state index contributed by atoms with van der Waals surface area (Å²) in [6.07, 6.45) is 5.70. The number of nitrogens with one attached hydrogen (secondary N) is 1. The lowest BCUT2D eigenvalue weighted by atomic mass is 10.1. The maximum Gasteiger partial charge on any atom is 0.223 e. The molecule has 1 fully saturated rings. The van der Waals surface area contributed by atoms with Gasteiger partial charge in [0.1, 0.15) is 0 Å². The lowest BCUT2D eigenvalue weighted by Crippen LogP contribution is -2.27. The Morgan fingerprint density at radius 1 is 1.48 bits per heavy atom. The van der Waals surface area contributed by atoms with Crippen LogP contribution < -0.4 is 5.32 Å². The fourth-order valence-corrected chi connectivity index (χ4v) is 2.81. The van der Waals surface area contributed by atoms with Crippen LogP contribution in [0.15, 0.2) is 36.7 Å². The van der Waals surface area contributed by atoms with Crippen molar-refractivity contribution in [2.45, 2.75) is 25.7 Å². The zero-order chi connectivity index (χ0) is 14.8. The van der Waals surface area contributed by atoms with Gasteiger partial charge in [-0.25, -0.2) is 0 Å². The zero-order valence-corrected chi connectivity index (χ0v) is 12.5. The van der Waals surface area contributed by atoms with Crippen molar-refractivity contribution < 1.29 is 4.79 Å². The quantitative estimate of drug-likeness (QED) is 0.914. The molecule has 1 aliphatic rings. The summed E-state index contributed by atoms with van der Waals surface area (Å²) in [6.45, 7) is 2.79. The molecule has 2 atom stereocenters. The molecular formula is C17H21N3O. The fourth-order valence-electron chi connectivity index (χ4n) is 2.81. The summed E-state index contributed by atoms with van der Waals surface area (Å²) < 4.78 is 1.79. The number of hydrogen-bond donors (Lipinski definition) is 1. The van der Waals surface area contributed by atoms with Crippen molar-refractivity contribution >= 4 is 5.91 Å². The van der Waals surface area contributed by atoms with E-state index in [4.69, 9.17) is 0 Å². The maximum absolute atomic E-state index is 12.1. The van der Waals surface area contributed by atoms with Crippen LogP contribution >= 0.6 is 0 Å². The molecule has 0 radical (unpaired) electrons. The first kappa shape index (κ1) is 13.9. The van der Waals surface area contributed by atoms with Crippen LogP contribution in [0, 0.1) is 12.8 Å². The Bertz CT molecular complexity index is 647. The van der Waals surface area contributed by atoms with Crippen LogP contribution in [0.25, 0.3) is 0 Å². The van der Waals surface area contributed by atoms with Gasteiger partial charge < -0.3 is 5.32 Å². The van der Waals surface area contributed by atoms with E-state index >= 15 is 0 Å². The van der Waals surface area contributed by atoms with E-state index < -0.39 is 0 Å². The normalized spacial score (nSPS) is 20.3. The second kappa shape index (κ2) is 5.72. The minimum Gasteiger partial charge on any atom is -0.356 e. The molecular weight excluding hydrogens is 262 g/mol. The summed E-state index contributed by atoms with van der Waals surface area (Å²) in [4.78, 5) is 12.1. The molecule has 21 heavy (non-hydrogen) atoms. The number of carbonyl (C=O) groups excluding carboxylic acids is 1. The zero-order valence-electron chi connectivity index (χ0n) is 12.5.